The number of benzene rings is 1. The van der Waals surface area contributed by atoms with Gasteiger partial charge in [0.25, 0.3) is 0 Å². The Morgan fingerprint density at radius 2 is 1.70 bits per heavy atom. The lowest BCUT2D eigenvalue weighted by molar-refractivity contribution is -0.129. The molecule has 0 saturated heterocycles. The Morgan fingerprint density at radius 3 is 2.33 bits per heavy atom. The van der Waals surface area contributed by atoms with Crippen LogP contribution in [0.3, 0.4) is 0 Å². The molecule has 0 aromatic heterocycles. The number of hydrogen-bond donors (Lipinski definition) is 0. The van der Waals surface area contributed by atoms with E-state index in [4.69, 9.17) is 4.74 Å². The molecule has 1 unspecified atom stereocenters. The van der Waals surface area contributed by atoms with Crippen molar-refractivity contribution in [2.45, 2.75) is 87.5 Å². The molecule has 0 heterocycles. The van der Waals surface area contributed by atoms with Gasteiger partial charge in [-0.3, -0.25) is 0 Å². The van der Waals surface area contributed by atoms with Gasteiger partial charge in [0.05, 0.1) is 0 Å². The fraction of sp³-hybridized carbons (Fsp3) is 0.395. The summed E-state index contributed by atoms with van der Waals surface area (Å²) in [5, 5.41) is 0. The maximum Gasteiger partial charge on any atom is 0.336 e. The van der Waals surface area contributed by atoms with Crippen LogP contribution in [-0.4, -0.2) is 5.97 Å². The van der Waals surface area contributed by atoms with Gasteiger partial charge in [0.2, 0.25) is 0 Å². The molecule has 1 aromatic carbocycles. The van der Waals surface area contributed by atoms with Crippen molar-refractivity contribution in [3.63, 3.8) is 0 Å². The van der Waals surface area contributed by atoms with Gasteiger partial charge in [0, 0.05) is 6.08 Å². The Bertz CT molecular complexity index is 1160. The minimum atomic E-state index is -0.370. The zero-order chi connectivity index (χ0) is 30.1. The molecular formula is C38H52O2. The molecule has 1 aromatic rings. The summed E-state index contributed by atoms with van der Waals surface area (Å²) >= 11 is 0. The molecule has 1 aliphatic rings. The summed E-state index contributed by atoms with van der Waals surface area (Å²) in [6, 6.07) is 7.64. The summed E-state index contributed by atoms with van der Waals surface area (Å²) in [4.78, 5) is 12.4. The zero-order valence-corrected chi connectivity index (χ0v) is 26.3. The molecule has 0 spiro atoms. The van der Waals surface area contributed by atoms with Crippen LogP contribution >= 0.6 is 0 Å². The number of carbonyl (C=O) groups excluding carboxylic acids is 1. The predicted octanol–water partition coefficient (Wildman–Crippen LogP) is 11.3. The van der Waals surface area contributed by atoms with Gasteiger partial charge in [0.1, 0.15) is 5.75 Å². The molecule has 0 saturated carbocycles. The molecule has 40 heavy (non-hydrogen) atoms. The van der Waals surface area contributed by atoms with Crippen molar-refractivity contribution >= 4 is 12.0 Å². The van der Waals surface area contributed by atoms with E-state index < -0.39 is 0 Å². The van der Waals surface area contributed by atoms with Crippen LogP contribution in [0.4, 0.5) is 0 Å². The van der Waals surface area contributed by atoms with E-state index in [2.05, 4.69) is 98.1 Å². The molecular weight excluding hydrogens is 488 g/mol. The summed E-state index contributed by atoms with van der Waals surface area (Å²) in [6.45, 7) is 23.4. The van der Waals surface area contributed by atoms with Crippen LogP contribution in [0, 0.1) is 11.3 Å². The number of allylic oxidation sites excluding steroid dienone is 12. The Hall–Kier alpha value is -3.39. The Kier molecular flexibility index (Phi) is 15.6. The highest BCUT2D eigenvalue weighted by Crippen LogP contribution is 2.40. The highest BCUT2D eigenvalue weighted by atomic mass is 16.5. The number of ether oxygens (including phenoxy) is 1. The van der Waals surface area contributed by atoms with Gasteiger partial charge in [-0.2, -0.15) is 0 Å². The average molecular weight is 541 g/mol. The van der Waals surface area contributed by atoms with Crippen LogP contribution in [0.5, 0.6) is 5.75 Å². The standard InChI is InChI=1S/C36H48O2.C2H4/c1-27(2)12-9-13-28(3)17-19-32-20-22-33(23-21-32)38-35(37)26-30(5)15-10-14-29(4)18-24-34-31(6)16-11-25-36(34,7)8;1-2/h10,12,14-15,17-24,26,28H,9,11,13,16,25H2,1-8H3;1-2H2/b15-10+,19-17+,24-18-,29-14+,30-26+;. The Morgan fingerprint density at radius 1 is 1.02 bits per heavy atom. The second-order valence-electron chi connectivity index (χ2n) is 11.6. The second-order valence-corrected chi connectivity index (χ2v) is 11.6. The lowest BCUT2D eigenvalue weighted by Crippen LogP contribution is -2.19. The normalized spacial score (nSPS) is 16.7. The van der Waals surface area contributed by atoms with E-state index in [9.17, 15) is 4.79 Å². The SMILES string of the molecule is C=C.CC(C)=CCCC(C)/C=C/c1ccc(OC(=O)/C=C(C)/C=C/C=C(C)/C=C\C2=C(C)CCCC2(C)C)cc1. The van der Waals surface area contributed by atoms with Crippen LogP contribution in [-0.2, 0) is 4.79 Å². The highest BCUT2D eigenvalue weighted by molar-refractivity contribution is 5.85. The summed E-state index contributed by atoms with van der Waals surface area (Å²) in [5.41, 5.74) is 7.71. The minimum absolute atomic E-state index is 0.245. The lowest BCUT2D eigenvalue weighted by atomic mass is 9.72. The van der Waals surface area contributed by atoms with E-state index in [0.717, 1.165) is 24.0 Å². The topological polar surface area (TPSA) is 26.3 Å². The van der Waals surface area contributed by atoms with Gasteiger partial charge in [-0.25, -0.2) is 4.79 Å². The van der Waals surface area contributed by atoms with Crippen molar-refractivity contribution < 1.29 is 9.53 Å². The molecule has 1 aliphatic carbocycles. The summed E-state index contributed by atoms with van der Waals surface area (Å²) in [5.74, 6) is 0.698. The maximum absolute atomic E-state index is 12.4. The molecule has 0 radical (unpaired) electrons. The van der Waals surface area contributed by atoms with Gasteiger partial charge >= 0.3 is 5.97 Å². The van der Waals surface area contributed by atoms with Crippen LogP contribution < -0.4 is 4.74 Å². The molecule has 0 N–H and O–H groups in total. The van der Waals surface area contributed by atoms with Crippen molar-refractivity contribution in [3.05, 3.63) is 119 Å². The maximum atomic E-state index is 12.4. The van der Waals surface area contributed by atoms with Gasteiger partial charge in [-0.05, 0) is 107 Å². The third kappa shape index (κ3) is 13.6. The van der Waals surface area contributed by atoms with Crippen LogP contribution in [0.25, 0.3) is 6.08 Å². The third-order valence-corrected chi connectivity index (χ3v) is 7.01. The fourth-order valence-corrected chi connectivity index (χ4v) is 4.67. The van der Waals surface area contributed by atoms with Crippen LogP contribution in [0.15, 0.2) is 114 Å². The van der Waals surface area contributed by atoms with E-state index in [1.165, 1.54) is 47.6 Å². The molecule has 0 bridgehead atoms. The predicted molar refractivity (Wildman–Crippen MR) is 176 cm³/mol. The molecule has 0 amide bonds. The molecule has 0 fully saturated rings. The van der Waals surface area contributed by atoms with Gasteiger partial charge < -0.3 is 4.74 Å². The van der Waals surface area contributed by atoms with E-state index in [1.807, 2.05) is 43.3 Å². The van der Waals surface area contributed by atoms with E-state index >= 15 is 0 Å². The molecule has 2 heteroatoms. The van der Waals surface area contributed by atoms with Crippen molar-refractivity contribution in [1.82, 2.24) is 0 Å². The van der Waals surface area contributed by atoms with Crippen molar-refractivity contribution in [1.29, 1.82) is 0 Å². The first-order valence-electron chi connectivity index (χ1n) is 14.5. The first-order chi connectivity index (χ1) is 19.0. The van der Waals surface area contributed by atoms with Crippen molar-refractivity contribution in [2.24, 2.45) is 11.3 Å². The minimum Gasteiger partial charge on any atom is -0.423 e. The molecule has 216 valence electrons. The fourth-order valence-electron chi connectivity index (χ4n) is 4.67. The highest BCUT2D eigenvalue weighted by Gasteiger charge is 2.26. The summed E-state index contributed by atoms with van der Waals surface area (Å²) < 4.78 is 5.49. The number of rotatable bonds is 11. The van der Waals surface area contributed by atoms with Crippen LogP contribution in [0.1, 0.15) is 93.1 Å². The van der Waals surface area contributed by atoms with E-state index in [-0.39, 0.29) is 11.4 Å². The number of carbonyl (C=O) groups is 1. The average Bonchev–Trinajstić information content (AvgIpc) is 2.88. The summed E-state index contributed by atoms with van der Waals surface area (Å²) in [7, 11) is 0. The first-order valence-corrected chi connectivity index (χ1v) is 14.5. The van der Waals surface area contributed by atoms with E-state index in [0.29, 0.717) is 11.7 Å². The molecule has 2 rings (SSSR count). The Labute approximate surface area is 245 Å². The smallest absolute Gasteiger partial charge is 0.336 e. The lowest BCUT2D eigenvalue weighted by Gasteiger charge is -2.32. The molecule has 0 aliphatic heterocycles. The molecule has 2 nitrogen and oxygen atoms in total. The molecule has 1 atom stereocenters. The second kappa shape index (κ2) is 18.1. The quantitative estimate of drug-likeness (QED) is 0.0917. The summed E-state index contributed by atoms with van der Waals surface area (Å²) in [6.07, 6.45) is 24.6. The van der Waals surface area contributed by atoms with Crippen molar-refractivity contribution in [3.8, 4) is 5.75 Å². The van der Waals surface area contributed by atoms with Crippen LogP contribution in [0.2, 0.25) is 0 Å². The largest absolute Gasteiger partial charge is 0.423 e. The Balaban J connectivity index is 0.00000391. The van der Waals surface area contributed by atoms with Gasteiger partial charge in [-0.1, -0.05) is 98.2 Å². The van der Waals surface area contributed by atoms with Gasteiger partial charge in [0.15, 0.2) is 0 Å². The third-order valence-electron chi connectivity index (χ3n) is 7.01. The first kappa shape index (κ1) is 34.6. The van der Waals surface area contributed by atoms with E-state index in [1.54, 1.807) is 0 Å². The number of hydrogen-bond acceptors (Lipinski definition) is 2. The zero-order valence-electron chi connectivity index (χ0n) is 26.3. The monoisotopic (exact) mass is 540 g/mol. The van der Waals surface area contributed by atoms with Gasteiger partial charge in [-0.15, -0.1) is 13.2 Å². The number of esters is 1. The van der Waals surface area contributed by atoms with Crippen molar-refractivity contribution in [2.75, 3.05) is 0 Å².